The Morgan fingerprint density at radius 1 is 1.16 bits per heavy atom. The molecule has 4 nitrogen and oxygen atoms in total. The predicted molar refractivity (Wildman–Crippen MR) is 74.2 cm³/mol. The first-order valence-electron chi connectivity index (χ1n) is 5.99. The molecule has 1 aromatic carbocycles. The molecule has 92 valence electrons. The quantitative estimate of drug-likeness (QED) is 0.521. The highest BCUT2D eigenvalue weighted by Gasteiger charge is 2.15. The van der Waals surface area contributed by atoms with Crippen LogP contribution in [0.25, 0.3) is 27.3 Å². The number of hydrogen-bond donors (Lipinski definition) is 0. The summed E-state index contributed by atoms with van der Waals surface area (Å²) in [4.78, 5) is 16.5. The van der Waals surface area contributed by atoms with E-state index in [0.29, 0.717) is 11.3 Å². The van der Waals surface area contributed by atoms with Crippen LogP contribution < -0.4 is 10.2 Å². The molecule has 0 bridgehead atoms. The molecule has 4 rings (SSSR count). The van der Waals surface area contributed by atoms with Crippen LogP contribution in [0, 0.1) is 0 Å². The highest BCUT2D eigenvalue weighted by molar-refractivity contribution is 6.12. The maximum Gasteiger partial charge on any atom is 0.249 e. The SMILES string of the molecule is COc1cn2c3ccccc3c3ccnc(c1=O)c32. The van der Waals surface area contributed by atoms with Crippen LogP contribution in [0.2, 0.25) is 0 Å². The van der Waals surface area contributed by atoms with Crippen LogP contribution >= 0.6 is 0 Å². The van der Waals surface area contributed by atoms with Crippen molar-refractivity contribution in [3.63, 3.8) is 0 Å². The van der Waals surface area contributed by atoms with Gasteiger partial charge in [0.2, 0.25) is 5.43 Å². The lowest BCUT2D eigenvalue weighted by Crippen LogP contribution is -2.09. The second-order valence-corrected chi connectivity index (χ2v) is 4.47. The first-order chi connectivity index (χ1) is 9.31. The summed E-state index contributed by atoms with van der Waals surface area (Å²) in [7, 11) is 1.50. The highest BCUT2D eigenvalue weighted by Crippen LogP contribution is 2.30. The van der Waals surface area contributed by atoms with E-state index in [1.807, 2.05) is 34.7 Å². The van der Waals surface area contributed by atoms with Crippen molar-refractivity contribution in [2.75, 3.05) is 7.11 Å². The molecule has 0 atom stereocenters. The fraction of sp³-hybridized carbons (Fsp3) is 0.0667. The van der Waals surface area contributed by atoms with Crippen LogP contribution in [0.3, 0.4) is 0 Å². The van der Waals surface area contributed by atoms with Crippen molar-refractivity contribution in [2.45, 2.75) is 0 Å². The summed E-state index contributed by atoms with van der Waals surface area (Å²) in [5.74, 6) is 0.314. The van der Waals surface area contributed by atoms with Crippen LogP contribution in [-0.2, 0) is 0 Å². The molecule has 0 aliphatic carbocycles. The number of benzene rings is 1. The molecule has 0 unspecified atom stereocenters. The number of rotatable bonds is 1. The van der Waals surface area contributed by atoms with Gasteiger partial charge >= 0.3 is 0 Å². The Kier molecular flexibility index (Phi) is 1.87. The summed E-state index contributed by atoms with van der Waals surface area (Å²) >= 11 is 0. The Morgan fingerprint density at radius 2 is 2.00 bits per heavy atom. The lowest BCUT2D eigenvalue weighted by atomic mass is 10.2. The number of methoxy groups -OCH3 is 1. The number of ether oxygens (including phenoxy) is 1. The van der Waals surface area contributed by atoms with Gasteiger partial charge in [0.25, 0.3) is 0 Å². The molecule has 0 radical (unpaired) electrons. The van der Waals surface area contributed by atoms with Crippen LogP contribution in [0.15, 0.2) is 47.5 Å². The first-order valence-corrected chi connectivity index (χ1v) is 5.99. The molecular formula is C15H10N2O2. The summed E-state index contributed by atoms with van der Waals surface area (Å²) < 4.78 is 7.14. The minimum atomic E-state index is -0.164. The molecule has 0 fully saturated rings. The molecule has 4 aromatic rings. The average Bonchev–Trinajstić information content (AvgIpc) is 2.78. The van der Waals surface area contributed by atoms with Crippen molar-refractivity contribution >= 4 is 27.3 Å². The smallest absolute Gasteiger partial charge is 0.249 e. The van der Waals surface area contributed by atoms with E-state index in [1.54, 1.807) is 12.4 Å². The molecule has 3 aromatic heterocycles. The van der Waals surface area contributed by atoms with Crippen molar-refractivity contribution < 1.29 is 4.74 Å². The Hall–Kier alpha value is -2.62. The van der Waals surface area contributed by atoms with Crippen LogP contribution in [-0.4, -0.2) is 16.5 Å². The van der Waals surface area contributed by atoms with E-state index in [4.69, 9.17) is 4.74 Å². The number of fused-ring (bicyclic) bond motifs is 3. The van der Waals surface area contributed by atoms with Gasteiger partial charge in [0.05, 0.1) is 24.3 Å². The van der Waals surface area contributed by atoms with Crippen LogP contribution in [0.5, 0.6) is 5.75 Å². The fourth-order valence-electron chi connectivity index (χ4n) is 2.69. The zero-order valence-electron chi connectivity index (χ0n) is 10.3. The Balaban J connectivity index is 2.44. The second kappa shape index (κ2) is 3.45. The Morgan fingerprint density at radius 3 is 2.84 bits per heavy atom. The summed E-state index contributed by atoms with van der Waals surface area (Å²) in [6.45, 7) is 0. The van der Waals surface area contributed by atoms with Gasteiger partial charge in [-0.2, -0.15) is 0 Å². The zero-order valence-corrected chi connectivity index (χ0v) is 10.3. The normalized spacial score (nSPS) is 11.6. The summed E-state index contributed by atoms with van der Waals surface area (Å²) in [5.41, 5.74) is 2.19. The van der Waals surface area contributed by atoms with Crippen molar-refractivity contribution in [2.24, 2.45) is 0 Å². The molecule has 4 heteroatoms. The van der Waals surface area contributed by atoms with E-state index >= 15 is 0 Å². The molecule has 0 N–H and O–H groups in total. The van der Waals surface area contributed by atoms with Crippen molar-refractivity contribution in [1.29, 1.82) is 0 Å². The standard InChI is InChI=1S/C15H10N2O2/c1-19-12-8-17-11-5-3-2-4-9(11)10-6-7-16-13(14(10)17)15(12)18/h2-8H,1H3. The molecule has 3 heterocycles. The fourth-order valence-corrected chi connectivity index (χ4v) is 2.69. The van der Waals surface area contributed by atoms with Gasteiger partial charge in [0, 0.05) is 17.0 Å². The topological polar surface area (TPSA) is 43.6 Å². The van der Waals surface area contributed by atoms with Gasteiger partial charge in [-0.1, -0.05) is 18.2 Å². The maximum atomic E-state index is 12.2. The van der Waals surface area contributed by atoms with E-state index < -0.39 is 0 Å². The van der Waals surface area contributed by atoms with Gasteiger partial charge in [0.15, 0.2) is 5.75 Å². The third kappa shape index (κ3) is 1.18. The minimum Gasteiger partial charge on any atom is -0.491 e. The van der Waals surface area contributed by atoms with Gasteiger partial charge in [-0.3, -0.25) is 9.78 Å². The van der Waals surface area contributed by atoms with Crippen molar-refractivity contribution in [3.05, 3.63) is 52.9 Å². The summed E-state index contributed by atoms with van der Waals surface area (Å²) in [6, 6.07) is 9.99. The maximum absolute atomic E-state index is 12.2. The highest BCUT2D eigenvalue weighted by atomic mass is 16.5. The molecule has 19 heavy (non-hydrogen) atoms. The number of nitrogens with zero attached hydrogens (tertiary/aromatic N) is 2. The molecule has 0 aliphatic heterocycles. The van der Waals surface area contributed by atoms with Crippen molar-refractivity contribution in [1.82, 2.24) is 9.38 Å². The number of aromatic nitrogens is 2. The van der Waals surface area contributed by atoms with Gasteiger partial charge in [-0.05, 0) is 12.1 Å². The van der Waals surface area contributed by atoms with E-state index in [9.17, 15) is 4.79 Å². The van der Waals surface area contributed by atoms with E-state index in [-0.39, 0.29) is 5.43 Å². The van der Waals surface area contributed by atoms with E-state index in [1.165, 1.54) is 7.11 Å². The van der Waals surface area contributed by atoms with Crippen molar-refractivity contribution in [3.8, 4) is 5.75 Å². The minimum absolute atomic E-state index is 0.164. The predicted octanol–water partition coefficient (Wildman–Crippen LogP) is 2.45. The van der Waals surface area contributed by atoms with Gasteiger partial charge in [-0.25, -0.2) is 0 Å². The third-order valence-corrected chi connectivity index (χ3v) is 3.52. The molecule has 0 aliphatic rings. The zero-order chi connectivity index (χ0) is 13.0. The first kappa shape index (κ1) is 10.3. The Bertz CT molecular complexity index is 972. The third-order valence-electron chi connectivity index (χ3n) is 3.52. The van der Waals surface area contributed by atoms with E-state index in [2.05, 4.69) is 4.98 Å². The van der Waals surface area contributed by atoms with Crippen LogP contribution in [0.4, 0.5) is 0 Å². The molecular weight excluding hydrogens is 240 g/mol. The van der Waals surface area contributed by atoms with Gasteiger partial charge in [0.1, 0.15) is 5.52 Å². The van der Waals surface area contributed by atoms with Gasteiger partial charge < -0.3 is 9.14 Å². The largest absolute Gasteiger partial charge is 0.491 e. The molecule has 0 saturated heterocycles. The van der Waals surface area contributed by atoms with E-state index in [0.717, 1.165) is 21.8 Å². The lowest BCUT2D eigenvalue weighted by molar-refractivity contribution is 0.409. The number of pyridine rings is 2. The average molecular weight is 250 g/mol. The Labute approximate surface area is 108 Å². The summed E-state index contributed by atoms with van der Waals surface area (Å²) in [6.07, 6.45) is 3.41. The molecule has 0 amide bonds. The molecule has 0 saturated carbocycles. The second-order valence-electron chi connectivity index (χ2n) is 4.47. The van der Waals surface area contributed by atoms with Gasteiger partial charge in [-0.15, -0.1) is 0 Å². The lowest BCUT2D eigenvalue weighted by Gasteiger charge is -2.03. The summed E-state index contributed by atoms with van der Waals surface area (Å²) in [5, 5.41) is 2.16. The number of hydrogen-bond acceptors (Lipinski definition) is 3. The van der Waals surface area contributed by atoms with Crippen LogP contribution in [0.1, 0.15) is 0 Å². The monoisotopic (exact) mass is 250 g/mol. The number of para-hydroxylation sites is 1. The molecule has 0 spiro atoms.